The van der Waals surface area contributed by atoms with Gasteiger partial charge in [0.05, 0.1) is 42.0 Å². The van der Waals surface area contributed by atoms with Crippen LogP contribution in [-0.2, 0) is 4.74 Å². The van der Waals surface area contributed by atoms with E-state index >= 15 is 0 Å². The van der Waals surface area contributed by atoms with E-state index in [1.54, 1.807) is 13.0 Å². The number of hydrogen-bond acceptors (Lipinski definition) is 6. The van der Waals surface area contributed by atoms with Crippen molar-refractivity contribution in [3.63, 3.8) is 0 Å². The Hall–Kier alpha value is -3.17. The van der Waals surface area contributed by atoms with Crippen LogP contribution in [0.1, 0.15) is 43.2 Å². The highest BCUT2D eigenvalue weighted by Gasteiger charge is 2.29. The van der Waals surface area contributed by atoms with E-state index < -0.39 is 12.1 Å². The van der Waals surface area contributed by atoms with Crippen LogP contribution in [0.5, 0.6) is 5.88 Å². The first-order valence-corrected chi connectivity index (χ1v) is 9.92. The molecule has 4 rings (SSSR count). The first-order chi connectivity index (χ1) is 14.6. The van der Waals surface area contributed by atoms with Gasteiger partial charge >= 0.3 is 6.03 Å². The van der Waals surface area contributed by atoms with Gasteiger partial charge in [0.1, 0.15) is 5.82 Å². The summed E-state index contributed by atoms with van der Waals surface area (Å²) in [4.78, 5) is 17.2. The van der Waals surface area contributed by atoms with E-state index in [-0.39, 0.29) is 12.1 Å². The number of benzene rings is 1. The molecule has 2 amide bonds. The standard InChI is InChI=1S/C21H25N5O4/c1-12(27)18-17-14(25-26-20(17)29-2)11-16(22-18)23-21(28)24-19(15-9-6-10-30-15)13-7-4-3-5-8-13/h3-5,7-8,11-12,15,19,27H,6,9-10H2,1-2H3,(H,25,26)(H2,22,23,24,28)/t12-,15+,19-/m0/s1. The predicted octanol–water partition coefficient (Wildman–Crippen LogP) is 3.06. The number of pyridine rings is 1. The minimum absolute atomic E-state index is 0.0847. The van der Waals surface area contributed by atoms with Gasteiger partial charge in [-0.05, 0) is 25.3 Å². The molecule has 1 aromatic carbocycles. The first-order valence-electron chi connectivity index (χ1n) is 9.92. The monoisotopic (exact) mass is 411 g/mol. The Morgan fingerprint density at radius 1 is 1.37 bits per heavy atom. The number of nitrogens with zero attached hydrogens (tertiary/aromatic N) is 2. The van der Waals surface area contributed by atoms with E-state index in [1.165, 1.54) is 7.11 Å². The summed E-state index contributed by atoms with van der Waals surface area (Å²) in [5, 5.41) is 23.4. The summed E-state index contributed by atoms with van der Waals surface area (Å²) >= 11 is 0. The highest BCUT2D eigenvalue weighted by molar-refractivity contribution is 5.93. The summed E-state index contributed by atoms with van der Waals surface area (Å²) in [6.07, 6.45) is 0.894. The summed E-state index contributed by atoms with van der Waals surface area (Å²) in [6, 6.07) is 10.7. The Kier molecular flexibility index (Phi) is 5.82. The van der Waals surface area contributed by atoms with Crippen LogP contribution in [0.2, 0.25) is 0 Å². The highest BCUT2D eigenvalue weighted by Crippen LogP contribution is 2.31. The van der Waals surface area contributed by atoms with Crippen LogP contribution in [0.4, 0.5) is 10.6 Å². The number of amides is 2. The zero-order chi connectivity index (χ0) is 21.1. The van der Waals surface area contributed by atoms with Crippen molar-refractivity contribution in [3.8, 4) is 5.88 Å². The Balaban J connectivity index is 1.57. The molecule has 9 heteroatoms. The average Bonchev–Trinajstić information content (AvgIpc) is 3.42. The van der Waals surface area contributed by atoms with E-state index in [1.807, 2.05) is 30.3 Å². The second-order valence-corrected chi connectivity index (χ2v) is 7.26. The molecule has 3 heterocycles. The highest BCUT2D eigenvalue weighted by atomic mass is 16.5. The molecule has 0 bridgehead atoms. The van der Waals surface area contributed by atoms with Crippen molar-refractivity contribution in [3.05, 3.63) is 47.7 Å². The van der Waals surface area contributed by atoms with E-state index in [2.05, 4.69) is 25.8 Å². The number of ether oxygens (including phenoxy) is 2. The van der Waals surface area contributed by atoms with Crippen molar-refractivity contribution in [2.45, 2.75) is 38.0 Å². The number of hydrogen-bond donors (Lipinski definition) is 4. The van der Waals surface area contributed by atoms with Crippen molar-refractivity contribution in [1.82, 2.24) is 20.5 Å². The van der Waals surface area contributed by atoms with Crippen molar-refractivity contribution in [2.75, 3.05) is 19.0 Å². The number of aliphatic hydroxyl groups excluding tert-OH is 1. The smallest absolute Gasteiger partial charge is 0.320 e. The fraction of sp³-hybridized carbons (Fsp3) is 0.381. The number of urea groups is 1. The fourth-order valence-electron chi connectivity index (χ4n) is 3.77. The Morgan fingerprint density at radius 2 is 2.17 bits per heavy atom. The third-order valence-corrected chi connectivity index (χ3v) is 5.15. The Bertz CT molecular complexity index is 1010. The van der Waals surface area contributed by atoms with Gasteiger partial charge in [0.25, 0.3) is 0 Å². The Labute approximate surface area is 173 Å². The Morgan fingerprint density at radius 3 is 2.83 bits per heavy atom. The van der Waals surface area contributed by atoms with E-state index in [0.29, 0.717) is 34.9 Å². The number of anilines is 1. The number of nitrogens with one attached hydrogen (secondary N) is 3. The van der Waals surface area contributed by atoms with Crippen LogP contribution >= 0.6 is 0 Å². The number of rotatable bonds is 6. The molecule has 2 aromatic heterocycles. The summed E-state index contributed by atoms with van der Waals surface area (Å²) in [7, 11) is 1.50. The molecular formula is C21H25N5O4. The molecule has 1 saturated heterocycles. The van der Waals surface area contributed by atoms with E-state index in [9.17, 15) is 9.90 Å². The third-order valence-electron chi connectivity index (χ3n) is 5.15. The van der Waals surface area contributed by atoms with Crippen molar-refractivity contribution < 1.29 is 19.4 Å². The summed E-state index contributed by atoms with van der Waals surface area (Å²) in [5.41, 5.74) is 1.95. The molecule has 1 aliphatic heterocycles. The minimum atomic E-state index is -0.868. The lowest BCUT2D eigenvalue weighted by atomic mass is 9.99. The molecule has 0 unspecified atom stereocenters. The van der Waals surface area contributed by atoms with E-state index in [4.69, 9.17) is 9.47 Å². The first kappa shape index (κ1) is 20.1. The lowest BCUT2D eigenvalue weighted by Gasteiger charge is -2.25. The number of H-pyrrole nitrogens is 1. The lowest BCUT2D eigenvalue weighted by Crippen LogP contribution is -2.38. The topological polar surface area (TPSA) is 121 Å². The maximum Gasteiger partial charge on any atom is 0.320 e. The van der Waals surface area contributed by atoms with Crippen LogP contribution in [0.25, 0.3) is 10.9 Å². The third kappa shape index (κ3) is 4.07. The van der Waals surface area contributed by atoms with Crippen LogP contribution in [0, 0.1) is 0 Å². The molecule has 1 aliphatic rings. The largest absolute Gasteiger partial charge is 0.479 e. The zero-order valence-electron chi connectivity index (χ0n) is 16.9. The van der Waals surface area contributed by atoms with Crippen LogP contribution < -0.4 is 15.4 Å². The second-order valence-electron chi connectivity index (χ2n) is 7.26. The van der Waals surface area contributed by atoms with Gasteiger partial charge in [-0.25, -0.2) is 9.78 Å². The van der Waals surface area contributed by atoms with Gasteiger partial charge in [0, 0.05) is 12.7 Å². The molecule has 3 aromatic rings. The molecule has 4 N–H and O–H groups in total. The van der Waals surface area contributed by atoms with Crippen LogP contribution in [0.15, 0.2) is 36.4 Å². The number of carbonyl (C=O) groups is 1. The lowest BCUT2D eigenvalue weighted by molar-refractivity contribution is 0.0815. The molecule has 9 nitrogen and oxygen atoms in total. The quantitative estimate of drug-likeness (QED) is 0.495. The maximum absolute atomic E-state index is 12.8. The van der Waals surface area contributed by atoms with Crippen molar-refractivity contribution >= 4 is 22.8 Å². The number of aliphatic hydroxyl groups is 1. The summed E-state index contributed by atoms with van der Waals surface area (Å²) in [5.74, 6) is 0.633. The molecule has 0 radical (unpaired) electrons. The fourth-order valence-corrected chi connectivity index (χ4v) is 3.77. The van der Waals surface area contributed by atoms with Crippen LogP contribution in [0.3, 0.4) is 0 Å². The number of aromatic amines is 1. The molecule has 30 heavy (non-hydrogen) atoms. The van der Waals surface area contributed by atoms with E-state index in [0.717, 1.165) is 18.4 Å². The van der Waals surface area contributed by atoms with Crippen LogP contribution in [-0.4, -0.2) is 46.1 Å². The molecule has 0 spiro atoms. The van der Waals surface area contributed by atoms with Gasteiger partial charge < -0.3 is 19.9 Å². The summed E-state index contributed by atoms with van der Waals surface area (Å²) < 4.78 is 11.1. The molecule has 0 aliphatic carbocycles. The van der Waals surface area contributed by atoms with Crippen molar-refractivity contribution in [1.29, 1.82) is 0 Å². The van der Waals surface area contributed by atoms with Gasteiger partial charge in [-0.15, -0.1) is 5.10 Å². The number of aromatic nitrogens is 3. The second kappa shape index (κ2) is 8.68. The normalized spacial score (nSPS) is 18.2. The molecule has 0 saturated carbocycles. The molecular weight excluding hydrogens is 386 g/mol. The summed E-state index contributed by atoms with van der Waals surface area (Å²) in [6.45, 7) is 2.29. The van der Waals surface area contributed by atoms with Gasteiger partial charge in [-0.1, -0.05) is 30.3 Å². The molecule has 3 atom stereocenters. The number of carbonyl (C=O) groups excluding carboxylic acids is 1. The number of fused-ring (bicyclic) bond motifs is 1. The predicted molar refractivity (Wildman–Crippen MR) is 111 cm³/mol. The zero-order valence-corrected chi connectivity index (χ0v) is 16.9. The number of methoxy groups -OCH3 is 1. The van der Waals surface area contributed by atoms with Gasteiger partial charge in [0.2, 0.25) is 5.88 Å². The molecule has 1 fully saturated rings. The molecule has 158 valence electrons. The van der Waals surface area contributed by atoms with Gasteiger partial charge in [-0.2, -0.15) is 0 Å². The maximum atomic E-state index is 12.8. The van der Waals surface area contributed by atoms with Crippen molar-refractivity contribution in [2.24, 2.45) is 0 Å². The SMILES string of the molecule is COc1n[nH]c2cc(NC(=O)N[C@@H](c3ccccc3)[C@H]3CCCO3)nc([C@H](C)O)c12. The van der Waals surface area contributed by atoms with Gasteiger partial charge in [-0.3, -0.25) is 10.4 Å². The minimum Gasteiger partial charge on any atom is -0.479 e. The van der Waals surface area contributed by atoms with Gasteiger partial charge in [0.15, 0.2) is 0 Å². The average molecular weight is 411 g/mol.